The van der Waals surface area contributed by atoms with Crippen molar-refractivity contribution in [1.82, 2.24) is 5.43 Å². The van der Waals surface area contributed by atoms with Gasteiger partial charge in [-0.3, -0.25) is 4.79 Å². The maximum absolute atomic E-state index is 11.9. The Bertz CT molecular complexity index is 684. The molecule has 0 aliphatic rings. The summed E-state index contributed by atoms with van der Waals surface area (Å²) in [4.78, 5) is 11.9. The van der Waals surface area contributed by atoms with Crippen LogP contribution in [-0.4, -0.2) is 25.3 Å². The number of hydrogen-bond acceptors (Lipinski definition) is 4. The van der Waals surface area contributed by atoms with Gasteiger partial charge in [0, 0.05) is 5.71 Å². The van der Waals surface area contributed by atoms with Crippen molar-refractivity contribution in [2.24, 2.45) is 5.10 Å². The van der Waals surface area contributed by atoms with Gasteiger partial charge in [0.15, 0.2) is 0 Å². The molecule has 0 aromatic heterocycles. The zero-order valence-electron chi connectivity index (χ0n) is 14.1. The molecule has 0 bridgehead atoms. The number of amides is 1. The van der Waals surface area contributed by atoms with E-state index in [1.807, 2.05) is 49.4 Å². The number of nitrogens with zero attached hydrogens (tertiary/aromatic N) is 1. The molecule has 5 heteroatoms. The van der Waals surface area contributed by atoms with Crippen molar-refractivity contribution < 1.29 is 9.53 Å². The second-order valence-corrected chi connectivity index (χ2v) is 5.42. The molecule has 0 spiro atoms. The lowest BCUT2D eigenvalue weighted by Crippen LogP contribution is -2.26. The molecule has 0 atom stereocenters. The zero-order chi connectivity index (χ0) is 17.2. The van der Waals surface area contributed by atoms with Gasteiger partial charge >= 0.3 is 0 Å². The lowest BCUT2D eigenvalue weighted by Gasteiger charge is -2.10. The second kappa shape index (κ2) is 9.35. The first kappa shape index (κ1) is 17.5. The van der Waals surface area contributed by atoms with Crippen LogP contribution in [0.5, 0.6) is 5.75 Å². The fraction of sp³-hybridized carbons (Fsp3) is 0.263. The van der Waals surface area contributed by atoms with Crippen LogP contribution in [0.15, 0.2) is 59.7 Å². The lowest BCUT2D eigenvalue weighted by molar-refractivity contribution is -0.119. The van der Waals surface area contributed by atoms with Gasteiger partial charge in [0.25, 0.3) is 5.91 Å². The van der Waals surface area contributed by atoms with Gasteiger partial charge in [-0.25, -0.2) is 5.43 Å². The Labute approximate surface area is 142 Å². The maximum Gasteiger partial charge on any atom is 0.259 e. The molecule has 24 heavy (non-hydrogen) atoms. The second-order valence-electron chi connectivity index (χ2n) is 5.42. The summed E-state index contributed by atoms with van der Waals surface area (Å²) in [5.74, 6) is 0.507. The van der Waals surface area contributed by atoms with Gasteiger partial charge in [0.2, 0.25) is 0 Å². The third-order valence-corrected chi connectivity index (χ3v) is 3.54. The lowest BCUT2D eigenvalue weighted by atomic mass is 10.1. The summed E-state index contributed by atoms with van der Waals surface area (Å²) in [5, 5.41) is 7.18. The van der Waals surface area contributed by atoms with Crippen molar-refractivity contribution >= 4 is 17.3 Å². The molecule has 126 valence electrons. The van der Waals surface area contributed by atoms with Gasteiger partial charge in [-0.05, 0) is 37.5 Å². The van der Waals surface area contributed by atoms with Gasteiger partial charge in [0.1, 0.15) is 5.75 Å². The maximum atomic E-state index is 11.9. The number of carbonyl (C=O) groups excluding carboxylic acids is 1. The van der Waals surface area contributed by atoms with E-state index in [0.29, 0.717) is 5.75 Å². The minimum atomic E-state index is -0.194. The zero-order valence-corrected chi connectivity index (χ0v) is 14.1. The average Bonchev–Trinajstić information content (AvgIpc) is 2.64. The molecule has 0 aliphatic heterocycles. The smallest absolute Gasteiger partial charge is 0.259 e. The van der Waals surface area contributed by atoms with Crippen molar-refractivity contribution in [2.45, 2.75) is 19.8 Å². The van der Waals surface area contributed by atoms with Gasteiger partial charge in [-0.15, -0.1) is 0 Å². The van der Waals surface area contributed by atoms with E-state index in [2.05, 4.69) is 28.0 Å². The molecule has 2 rings (SSSR count). The molecule has 2 N–H and O–H groups in total. The average molecular weight is 325 g/mol. The highest BCUT2D eigenvalue weighted by atomic mass is 16.5. The summed E-state index contributed by atoms with van der Waals surface area (Å²) >= 11 is 0. The fourth-order valence-electron chi connectivity index (χ4n) is 2.19. The SMILES string of the molecule is COc1ccccc1NCC(=O)N/N=C(/C)CCc1ccccc1. The highest BCUT2D eigenvalue weighted by Crippen LogP contribution is 2.22. The van der Waals surface area contributed by atoms with Crippen LogP contribution in [0.2, 0.25) is 0 Å². The summed E-state index contributed by atoms with van der Waals surface area (Å²) in [5.41, 5.74) is 5.50. The Morgan fingerprint density at radius 3 is 2.54 bits per heavy atom. The van der Waals surface area contributed by atoms with Crippen LogP contribution < -0.4 is 15.5 Å². The van der Waals surface area contributed by atoms with Crippen LogP contribution in [0.1, 0.15) is 18.9 Å². The molecular weight excluding hydrogens is 302 g/mol. The van der Waals surface area contributed by atoms with Gasteiger partial charge in [-0.2, -0.15) is 5.10 Å². The van der Waals surface area contributed by atoms with Crippen molar-refractivity contribution in [1.29, 1.82) is 0 Å². The Hall–Kier alpha value is -2.82. The number of methoxy groups -OCH3 is 1. The van der Waals surface area contributed by atoms with Crippen LogP contribution in [0.3, 0.4) is 0 Å². The molecule has 0 saturated heterocycles. The number of aryl methyl sites for hydroxylation is 1. The van der Waals surface area contributed by atoms with Crippen LogP contribution in [-0.2, 0) is 11.2 Å². The van der Waals surface area contributed by atoms with E-state index in [1.54, 1.807) is 7.11 Å². The van der Waals surface area contributed by atoms with Gasteiger partial charge < -0.3 is 10.1 Å². The standard InChI is InChI=1S/C19H23N3O2/c1-15(12-13-16-8-4-3-5-9-16)21-22-19(23)14-20-17-10-6-7-11-18(17)24-2/h3-11,20H,12-14H2,1-2H3,(H,22,23)/b21-15-. The first-order valence-electron chi connectivity index (χ1n) is 7.92. The number of ether oxygens (including phenoxy) is 1. The molecular formula is C19H23N3O2. The summed E-state index contributed by atoms with van der Waals surface area (Å²) in [6, 6.07) is 17.7. The summed E-state index contributed by atoms with van der Waals surface area (Å²) in [7, 11) is 1.60. The number of nitrogens with one attached hydrogen (secondary N) is 2. The van der Waals surface area contributed by atoms with Crippen molar-refractivity contribution in [2.75, 3.05) is 19.0 Å². The Morgan fingerprint density at radius 2 is 1.79 bits per heavy atom. The predicted octanol–water partition coefficient (Wildman–Crippen LogP) is 3.23. The van der Waals surface area contributed by atoms with E-state index in [4.69, 9.17) is 4.74 Å². The van der Waals surface area contributed by atoms with Crippen molar-refractivity contribution in [3.63, 3.8) is 0 Å². The number of hydrazone groups is 1. The first-order chi connectivity index (χ1) is 11.7. The number of para-hydroxylation sites is 2. The van der Waals surface area contributed by atoms with Gasteiger partial charge in [-0.1, -0.05) is 42.5 Å². The summed E-state index contributed by atoms with van der Waals surface area (Å²) in [6.45, 7) is 2.05. The molecule has 0 radical (unpaired) electrons. The number of anilines is 1. The third-order valence-electron chi connectivity index (χ3n) is 3.54. The minimum absolute atomic E-state index is 0.135. The van der Waals surface area contributed by atoms with Crippen molar-refractivity contribution in [3.05, 3.63) is 60.2 Å². The molecule has 0 heterocycles. The van der Waals surface area contributed by atoms with Gasteiger partial charge in [0.05, 0.1) is 19.3 Å². The largest absolute Gasteiger partial charge is 0.495 e. The highest BCUT2D eigenvalue weighted by Gasteiger charge is 2.04. The Balaban J connectivity index is 1.75. The Kier molecular flexibility index (Phi) is 6.83. The van der Waals surface area contributed by atoms with Crippen molar-refractivity contribution in [3.8, 4) is 5.75 Å². The van der Waals surface area contributed by atoms with Crippen LogP contribution in [0.4, 0.5) is 5.69 Å². The van der Waals surface area contributed by atoms with Crippen LogP contribution in [0.25, 0.3) is 0 Å². The van der Waals surface area contributed by atoms with E-state index in [-0.39, 0.29) is 12.5 Å². The first-order valence-corrected chi connectivity index (χ1v) is 7.92. The Morgan fingerprint density at radius 1 is 1.08 bits per heavy atom. The van der Waals surface area contributed by atoms with E-state index in [0.717, 1.165) is 24.2 Å². The number of hydrogen-bond donors (Lipinski definition) is 2. The fourth-order valence-corrected chi connectivity index (χ4v) is 2.19. The topological polar surface area (TPSA) is 62.7 Å². The van der Waals surface area contributed by atoms with E-state index in [9.17, 15) is 4.79 Å². The predicted molar refractivity (Wildman–Crippen MR) is 97.5 cm³/mol. The van der Waals surface area contributed by atoms with Crippen LogP contribution >= 0.6 is 0 Å². The highest BCUT2D eigenvalue weighted by molar-refractivity contribution is 5.86. The van der Waals surface area contributed by atoms with E-state index in [1.165, 1.54) is 5.56 Å². The molecule has 5 nitrogen and oxygen atoms in total. The molecule has 0 fully saturated rings. The minimum Gasteiger partial charge on any atom is -0.495 e. The quantitative estimate of drug-likeness (QED) is 0.578. The summed E-state index contributed by atoms with van der Waals surface area (Å²) < 4.78 is 5.23. The molecule has 0 unspecified atom stereocenters. The molecule has 2 aromatic carbocycles. The van der Waals surface area contributed by atoms with Crippen LogP contribution in [0, 0.1) is 0 Å². The molecule has 0 saturated carbocycles. The third kappa shape index (κ3) is 5.76. The number of benzene rings is 2. The van der Waals surface area contributed by atoms with E-state index >= 15 is 0 Å². The normalized spacial score (nSPS) is 11.0. The number of carbonyl (C=O) groups is 1. The molecule has 0 aliphatic carbocycles. The molecule has 1 amide bonds. The molecule has 2 aromatic rings. The number of rotatable bonds is 8. The summed E-state index contributed by atoms with van der Waals surface area (Å²) in [6.07, 6.45) is 1.72. The van der Waals surface area contributed by atoms with E-state index < -0.39 is 0 Å². The monoisotopic (exact) mass is 325 g/mol.